The van der Waals surface area contributed by atoms with Crippen molar-refractivity contribution < 1.29 is 13.2 Å². The van der Waals surface area contributed by atoms with Crippen LogP contribution in [0.1, 0.15) is 0 Å². The van der Waals surface area contributed by atoms with Crippen LogP contribution in [0.5, 0.6) is 0 Å². The van der Waals surface area contributed by atoms with Crippen LogP contribution in [-0.2, 0) is 14.8 Å². The second-order valence-corrected chi connectivity index (χ2v) is 9.27. The van der Waals surface area contributed by atoms with E-state index in [0.717, 1.165) is 0 Å². The van der Waals surface area contributed by atoms with Gasteiger partial charge in [0.2, 0.25) is 15.9 Å². The number of hydrogen-bond acceptors (Lipinski definition) is 5. The Morgan fingerprint density at radius 3 is 2.25 bits per heavy atom. The van der Waals surface area contributed by atoms with E-state index in [2.05, 4.69) is 10.3 Å². The Hall–Kier alpha value is -1.42. The van der Waals surface area contributed by atoms with Crippen molar-refractivity contribution in [1.82, 2.24) is 14.2 Å². The molecule has 0 atom stereocenters. The van der Waals surface area contributed by atoms with Gasteiger partial charge in [0.05, 0.1) is 21.6 Å². The van der Waals surface area contributed by atoms with E-state index in [1.54, 1.807) is 18.2 Å². The van der Waals surface area contributed by atoms with E-state index in [1.165, 1.54) is 22.6 Å². The molecule has 150 valence electrons. The molecule has 0 bridgehead atoms. The minimum absolute atomic E-state index is 0.0849. The lowest BCUT2D eigenvalue weighted by molar-refractivity contribution is -0.117. The largest absolute Gasteiger partial charge is 0.310 e. The van der Waals surface area contributed by atoms with Crippen molar-refractivity contribution in [2.24, 2.45) is 0 Å². The van der Waals surface area contributed by atoms with Crippen LogP contribution in [0.4, 0.5) is 5.82 Å². The van der Waals surface area contributed by atoms with E-state index in [0.29, 0.717) is 23.9 Å². The van der Waals surface area contributed by atoms with E-state index >= 15 is 0 Å². The quantitative estimate of drug-likeness (QED) is 0.737. The van der Waals surface area contributed by atoms with Gasteiger partial charge in [-0.15, -0.1) is 0 Å². The van der Waals surface area contributed by atoms with Crippen molar-refractivity contribution in [3.05, 3.63) is 51.6 Å². The zero-order valence-corrected chi connectivity index (χ0v) is 17.7. The van der Waals surface area contributed by atoms with E-state index in [1.807, 2.05) is 4.90 Å². The average molecular weight is 464 g/mol. The van der Waals surface area contributed by atoms with E-state index in [9.17, 15) is 13.2 Å². The fourth-order valence-corrected chi connectivity index (χ4v) is 5.45. The molecule has 0 unspecified atom stereocenters. The number of benzene rings is 1. The van der Waals surface area contributed by atoms with Gasteiger partial charge in [-0.2, -0.15) is 4.31 Å². The van der Waals surface area contributed by atoms with Gasteiger partial charge in [-0.3, -0.25) is 9.69 Å². The monoisotopic (exact) mass is 462 g/mol. The van der Waals surface area contributed by atoms with Gasteiger partial charge >= 0.3 is 0 Å². The van der Waals surface area contributed by atoms with Crippen LogP contribution in [0, 0.1) is 0 Å². The second kappa shape index (κ2) is 8.94. The molecule has 2 aromatic rings. The summed E-state index contributed by atoms with van der Waals surface area (Å²) in [5.41, 5.74) is 0. The van der Waals surface area contributed by atoms with Crippen LogP contribution in [-0.4, -0.2) is 61.2 Å². The Bertz CT molecular complexity index is 942. The summed E-state index contributed by atoms with van der Waals surface area (Å²) in [6.07, 6.45) is 1.45. The summed E-state index contributed by atoms with van der Waals surface area (Å²) >= 11 is 17.9. The van der Waals surface area contributed by atoms with Gasteiger partial charge in [0.15, 0.2) is 0 Å². The average Bonchev–Trinajstić information content (AvgIpc) is 2.64. The highest BCUT2D eigenvalue weighted by molar-refractivity contribution is 7.89. The number of hydrogen-bond donors (Lipinski definition) is 1. The number of halogens is 3. The first-order chi connectivity index (χ1) is 13.3. The molecule has 0 radical (unpaired) electrons. The van der Waals surface area contributed by atoms with Gasteiger partial charge in [0.25, 0.3) is 0 Å². The smallest absolute Gasteiger partial charge is 0.246 e. The van der Waals surface area contributed by atoms with Gasteiger partial charge in [-0.25, -0.2) is 13.4 Å². The molecule has 1 fully saturated rings. The number of carbonyl (C=O) groups excluding carboxylic acids is 1. The summed E-state index contributed by atoms with van der Waals surface area (Å²) in [5.74, 6) is 0.171. The zero-order valence-electron chi connectivity index (χ0n) is 14.6. The molecule has 2 heterocycles. The number of pyridine rings is 1. The van der Waals surface area contributed by atoms with Crippen LogP contribution in [0.3, 0.4) is 0 Å². The highest BCUT2D eigenvalue weighted by Gasteiger charge is 2.32. The van der Waals surface area contributed by atoms with E-state index in [4.69, 9.17) is 34.8 Å². The number of carbonyl (C=O) groups is 1. The molecule has 1 aromatic heterocycles. The Labute approximate surface area is 178 Å². The molecule has 1 aliphatic rings. The zero-order chi connectivity index (χ0) is 20.3. The first-order valence-corrected chi connectivity index (χ1v) is 10.9. The number of nitrogens with zero attached hydrogens (tertiary/aromatic N) is 3. The fourth-order valence-electron chi connectivity index (χ4n) is 2.82. The summed E-state index contributed by atoms with van der Waals surface area (Å²) in [7, 11) is -3.81. The minimum Gasteiger partial charge on any atom is -0.310 e. The highest BCUT2D eigenvalue weighted by Crippen LogP contribution is 2.31. The third-order valence-electron chi connectivity index (χ3n) is 4.21. The third kappa shape index (κ3) is 4.94. The van der Waals surface area contributed by atoms with E-state index in [-0.39, 0.29) is 40.5 Å². The molecule has 1 aliphatic heterocycles. The Balaban J connectivity index is 1.58. The van der Waals surface area contributed by atoms with Crippen LogP contribution >= 0.6 is 34.8 Å². The third-order valence-corrected chi connectivity index (χ3v) is 7.29. The maximum absolute atomic E-state index is 12.9. The van der Waals surface area contributed by atoms with Gasteiger partial charge in [-0.05, 0) is 24.3 Å². The summed E-state index contributed by atoms with van der Waals surface area (Å²) in [4.78, 5) is 18.0. The highest BCUT2D eigenvalue weighted by atomic mass is 35.5. The number of sulfonamides is 1. The predicted molar refractivity (Wildman–Crippen MR) is 110 cm³/mol. The molecular weight excluding hydrogens is 447 g/mol. The lowest BCUT2D eigenvalue weighted by Crippen LogP contribution is -2.50. The number of rotatable bonds is 5. The number of aromatic nitrogens is 1. The summed E-state index contributed by atoms with van der Waals surface area (Å²) < 4.78 is 27.1. The Morgan fingerprint density at radius 2 is 1.68 bits per heavy atom. The van der Waals surface area contributed by atoms with Crippen LogP contribution in [0.2, 0.25) is 15.1 Å². The number of amides is 1. The predicted octanol–water partition coefficient (Wildman–Crippen LogP) is 2.99. The molecule has 3 rings (SSSR count). The molecule has 0 aliphatic carbocycles. The van der Waals surface area contributed by atoms with Crippen LogP contribution < -0.4 is 5.32 Å². The summed E-state index contributed by atoms with van der Waals surface area (Å²) in [6, 6.07) is 7.82. The first-order valence-electron chi connectivity index (χ1n) is 8.35. The molecule has 1 saturated heterocycles. The number of anilines is 1. The molecule has 28 heavy (non-hydrogen) atoms. The molecule has 1 N–H and O–H groups in total. The molecule has 1 aromatic carbocycles. The van der Waals surface area contributed by atoms with Crippen molar-refractivity contribution in [3.8, 4) is 0 Å². The lowest BCUT2D eigenvalue weighted by atomic mass is 10.3. The van der Waals surface area contributed by atoms with Crippen molar-refractivity contribution >= 4 is 56.6 Å². The van der Waals surface area contributed by atoms with E-state index < -0.39 is 10.0 Å². The van der Waals surface area contributed by atoms with Crippen LogP contribution in [0.15, 0.2) is 41.4 Å². The van der Waals surface area contributed by atoms with Crippen molar-refractivity contribution in [2.45, 2.75) is 4.90 Å². The van der Waals surface area contributed by atoms with Gasteiger partial charge < -0.3 is 5.32 Å². The molecule has 1 amide bonds. The van der Waals surface area contributed by atoms with Gasteiger partial charge in [0.1, 0.15) is 10.7 Å². The minimum atomic E-state index is -3.81. The molecule has 11 heteroatoms. The van der Waals surface area contributed by atoms with Crippen molar-refractivity contribution in [3.63, 3.8) is 0 Å². The normalized spacial score (nSPS) is 16.1. The van der Waals surface area contributed by atoms with Crippen molar-refractivity contribution in [1.29, 1.82) is 0 Å². The van der Waals surface area contributed by atoms with Gasteiger partial charge in [0, 0.05) is 32.4 Å². The molecular formula is C17H17Cl3N4O3S. The van der Waals surface area contributed by atoms with Crippen molar-refractivity contribution in [2.75, 3.05) is 38.0 Å². The topological polar surface area (TPSA) is 82.6 Å². The molecule has 7 nitrogen and oxygen atoms in total. The standard InChI is InChI=1S/C17H17Cl3N4O3S/c18-12-4-5-15(21-10-12)22-16(25)11-23-6-8-24(9-7-23)28(26,27)17-13(19)2-1-3-14(17)20/h1-5,10H,6-9,11H2,(H,21,22,25). The maximum Gasteiger partial charge on any atom is 0.246 e. The Kier molecular flexibility index (Phi) is 6.80. The SMILES string of the molecule is O=C(CN1CCN(S(=O)(=O)c2c(Cl)cccc2Cl)CC1)Nc1ccc(Cl)cn1. The Morgan fingerprint density at radius 1 is 1.04 bits per heavy atom. The summed E-state index contributed by atoms with van der Waals surface area (Å²) in [6.45, 7) is 1.41. The molecule has 0 spiro atoms. The first kappa shape index (κ1) is 21.3. The maximum atomic E-state index is 12.9. The lowest BCUT2D eigenvalue weighted by Gasteiger charge is -2.33. The van der Waals surface area contributed by atoms with Crippen LogP contribution in [0.25, 0.3) is 0 Å². The molecule has 0 saturated carbocycles. The number of nitrogens with one attached hydrogen (secondary N) is 1. The second-order valence-electron chi connectivity index (χ2n) is 6.14. The van der Waals surface area contributed by atoms with Gasteiger partial charge in [-0.1, -0.05) is 40.9 Å². The number of piperazine rings is 1. The summed E-state index contributed by atoms with van der Waals surface area (Å²) in [5, 5.41) is 3.34. The fraction of sp³-hybridized carbons (Fsp3) is 0.294.